The van der Waals surface area contributed by atoms with Crippen molar-refractivity contribution in [1.82, 2.24) is 15.1 Å². The molecule has 2 atom stereocenters. The van der Waals surface area contributed by atoms with Crippen molar-refractivity contribution in [2.75, 3.05) is 33.7 Å². The lowest BCUT2D eigenvalue weighted by Crippen LogP contribution is -2.42. The Kier molecular flexibility index (Phi) is 2.63. The standard InChI is InChI=1S/C10H19N3O/c1-12(2)10(14)13-6-8-4-3-5-11-9(8)7-13/h8-9,11H,3-7H2,1-2H3/t8-,9+/m0/s1. The predicted molar refractivity (Wildman–Crippen MR) is 55.2 cm³/mol. The second kappa shape index (κ2) is 3.77. The minimum Gasteiger partial charge on any atom is -0.331 e. The quantitative estimate of drug-likeness (QED) is 0.608. The molecule has 0 aliphatic carbocycles. The van der Waals surface area contributed by atoms with E-state index < -0.39 is 0 Å². The third kappa shape index (κ3) is 1.71. The van der Waals surface area contributed by atoms with E-state index in [2.05, 4.69) is 5.32 Å². The monoisotopic (exact) mass is 197 g/mol. The van der Waals surface area contributed by atoms with Gasteiger partial charge in [0.2, 0.25) is 0 Å². The molecular weight excluding hydrogens is 178 g/mol. The van der Waals surface area contributed by atoms with Gasteiger partial charge in [0.25, 0.3) is 0 Å². The van der Waals surface area contributed by atoms with Gasteiger partial charge < -0.3 is 15.1 Å². The van der Waals surface area contributed by atoms with E-state index in [0.717, 1.165) is 19.6 Å². The van der Waals surface area contributed by atoms with E-state index in [1.54, 1.807) is 4.90 Å². The van der Waals surface area contributed by atoms with Gasteiger partial charge in [0.1, 0.15) is 0 Å². The number of nitrogens with zero attached hydrogens (tertiary/aromatic N) is 2. The van der Waals surface area contributed by atoms with E-state index in [4.69, 9.17) is 0 Å². The van der Waals surface area contributed by atoms with Crippen LogP contribution in [0.5, 0.6) is 0 Å². The molecule has 14 heavy (non-hydrogen) atoms. The van der Waals surface area contributed by atoms with E-state index in [-0.39, 0.29) is 6.03 Å². The zero-order valence-corrected chi connectivity index (χ0v) is 8.99. The Hall–Kier alpha value is -0.770. The van der Waals surface area contributed by atoms with Crippen molar-refractivity contribution >= 4 is 6.03 Å². The fourth-order valence-electron chi connectivity index (χ4n) is 2.49. The Morgan fingerprint density at radius 3 is 2.86 bits per heavy atom. The van der Waals surface area contributed by atoms with Crippen LogP contribution < -0.4 is 5.32 Å². The molecule has 4 nitrogen and oxygen atoms in total. The molecule has 2 aliphatic rings. The van der Waals surface area contributed by atoms with Gasteiger partial charge in [-0.2, -0.15) is 0 Å². The van der Waals surface area contributed by atoms with Gasteiger partial charge in [-0.25, -0.2) is 4.79 Å². The smallest absolute Gasteiger partial charge is 0.319 e. The van der Waals surface area contributed by atoms with Crippen LogP contribution in [0.3, 0.4) is 0 Å². The Morgan fingerprint density at radius 2 is 2.21 bits per heavy atom. The maximum atomic E-state index is 11.7. The number of carbonyl (C=O) groups is 1. The van der Waals surface area contributed by atoms with Crippen LogP contribution in [0.4, 0.5) is 4.79 Å². The largest absolute Gasteiger partial charge is 0.331 e. The van der Waals surface area contributed by atoms with Crippen molar-refractivity contribution in [3.05, 3.63) is 0 Å². The number of rotatable bonds is 0. The number of likely N-dealkylation sites (tertiary alicyclic amines) is 1. The lowest BCUT2D eigenvalue weighted by molar-refractivity contribution is 0.179. The molecule has 0 spiro atoms. The molecule has 80 valence electrons. The molecule has 0 radical (unpaired) electrons. The Balaban J connectivity index is 1.95. The summed E-state index contributed by atoms with van der Waals surface area (Å²) in [5, 5.41) is 3.49. The summed E-state index contributed by atoms with van der Waals surface area (Å²) < 4.78 is 0. The normalized spacial score (nSPS) is 31.4. The van der Waals surface area contributed by atoms with Crippen LogP contribution in [0.25, 0.3) is 0 Å². The topological polar surface area (TPSA) is 35.6 Å². The van der Waals surface area contributed by atoms with Gasteiger partial charge in [-0.1, -0.05) is 0 Å². The van der Waals surface area contributed by atoms with Crippen LogP contribution in [0, 0.1) is 5.92 Å². The van der Waals surface area contributed by atoms with Crippen LogP contribution in [-0.2, 0) is 0 Å². The van der Waals surface area contributed by atoms with Crippen LogP contribution in [0.1, 0.15) is 12.8 Å². The molecular formula is C10H19N3O. The fraction of sp³-hybridized carbons (Fsp3) is 0.900. The molecule has 0 saturated carbocycles. The second-order valence-corrected chi connectivity index (χ2v) is 4.54. The summed E-state index contributed by atoms with van der Waals surface area (Å²) in [6.07, 6.45) is 2.53. The van der Waals surface area contributed by atoms with Crippen LogP contribution in [0.2, 0.25) is 0 Å². The molecule has 2 aliphatic heterocycles. The molecule has 0 unspecified atom stereocenters. The zero-order chi connectivity index (χ0) is 10.1. The van der Waals surface area contributed by atoms with Crippen LogP contribution >= 0.6 is 0 Å². The summed E-state index contributed by atoms with van der Waals surface area (Å²) in [4.78, 5) is 15.3. The van der Waals surface area contributed by atoms with Gasteiger partial charge in [-0.05, 0) is 25.3 Å². The summed E-state index contributed by atoms with van der Waals surface area (Å²) in [7, 11) is 3.63. The maximum absolute atomic E-state index is 11.7. The number of piperidine rings is 1. The maximum Gasteiger partial charge on any atom is 0.319 e. The predicted octanol–water partition coefficient (Wildman–Crippen LogP) is 0.352. The number of amides is 2. The highest BCUT2D eigenvalue weighted by Gasteiger charge is 2.36. The third-order valence-electron chi connectivity index (χ3n) is 3.25. The zero-order valence-electron chi connectivity index (χ0n) is 8.99. The van der Waals surface area contributed by atoms with Gasteiger partial charge in [0.05, 0.1) is 0 Å². The van der Waals surface area contributed by atoms with Crippen LogP contribution in [-0.4, -0.2) is 55.6 Å². The molecule has 4 heteroatoms. The first-order valence-electron chi connectivity index (χ1n) is 5.38. The number of fused-ring (bicyclic) bond motifs is 1. The van der Waals surface area contributed by atoms with Crippen molar-refractivity contribution in [1.29, 1.82) is 0 Å². The molecule has 0 aromatic carbocycles. The minimum absolute atomic E-state index is 0.154. The van der Waals surface area contributed by atoms with Crippen molar-refractivity contribution in [3.63, 3.8) is 0 Å². The van der Waals surface area contributed by atoms with Gasteiger partial charge >= 0.3 is 6.03 Å². The van der Waals surface area contributed by atoms with E-state index in [9.17, 15) is 4.79 Å². The number of hydrogen-bond donors (Lipinski definition) is 1. The van der Waals surface area contributed by atoms with Gasteiger partial charge in [0, 0.05) is 33.2 Å². The highest BCUT2D eigenvalue weighted by Crippen LogP contribution is 2.25. The number of nitrogens with one attached hydrogen (secondary N) is 1. The molecule has 2 saturated heterocycles. The lowest BCUT2D eigenvalue weighted by atomic mass is 9.94. The van der Waals surface area contributed by atoms with Gasteiger partial charge in [-0.3, -0.25) is 0 Å². The van der Waals surface area contributed by atoms with E-state index >= 15 is 0 Å². The minimum atomic E-state index is 0.154. The fourth-order valence-corrected chi connectivity index (χ4v) is 2.49. The first kappa shape index (κ1) is 9.77. The van der Waals surface area contributed by atoms with Crippen molar-refractivity contribution in [3.8, 4) is 0 Å². The molecule has 2 rings (SSSR count). The summed E-state index contributed by atoms with van der Waals surface area (Å²) in [5.74, 6) is 0.688. The Morgan fingerprint density at radius 1 is 1.43 bits per heavy atom. The average molecular weight is 197 g/mol. The molecule has 0 aromatic rings. The van der Waals surface area contributed by atoms with E-state index in [1.807, 2.05) is 19.0 Å². The number of hydrogen-bond acceptors (Lipinski definition) is 2. The van der Waals surface area contributed by atoms with Crippen molar-refractivity contribution in [2.45, 2.75) is 18.9 Å². The first-order valence-corrected chi connectivity index (χ1v) is 5.38. The highest BCUT2D eigenvalue weighted by molar-refractivity contribution is 5.74. The highest BCUT2D eigenvalue weighted by atomic mass is 16.2. The molecule has 2 heterocycles. The summed E-state index contributed by atoms with van der Waals surface area (Å²) >= 11 is 0. The first-order chi connectivity index (χ1) is 6.68. The summed E-state index contributed by atoms with van der Waals surface area (Å²) in [6, 6.07) is 0.703. The van der Waals surface area contributed by atoms with Crippen LogP contribution in [0.15, 0.2) is 0 Å². The van der Waals surface area contributed by atoms with E-state index in [1.165, 1.54) is 12.8 Å². The molecule has 2 fully saturated rings. The Labute approximate surface area is 85.2 Å². The average Bonchev–Trinajstić information content (AvgIpc) is 2.59. The number of urea groups is 1. The summed E-state index contributed by atoms with van der Waals surface area (Å²) in [5.41, 5.74) is 0. The van der Waals surface area contributed by atoms with Gasteiger partial charge in [-0.15, -0.1) is 0 Å². The lowest BCUT2D eigenvalue weighted by Gasteiger charge is -2.24. The van der Waals surface area contributed by atoms with Crippen molar-refractivity contribution in [2.24, 2.45) is 5.92 Å². The molecule has 0 bridgehead atoms. The molecule has 0 aromatic heterocycles. The molecule has 1 N–H and O–H groups in total. The number of carbonyl (C=O) groups excluding carboxylic acids is 1. The third-order valence-corrected chi connectivity index (χ3v) is 3.25. The SMILES string of the molecule is CN(C)C(=O)N1C[C@@H]2CCCN[C@@H]2C1. The van der Waals surface area contributed by atoms with Gasteiger partial charge in [0.15, 0.2) is 0 Å². The Bertz CT molecular complexity index is 215. The van der Waals surface area contributed by atoms with Crippen molar-refractivity contribution < 1.29 is 4.79 Å². The van der Waals surface area contributed by atoms with E-state index in [0.29, 0.717) is 12.0 Å². The summed E-state index contributed by atoms with van der Waals surface area (Å²) in [6.45, 7) is 2.95. The second-order valence-electron chi connectivity index (χ2n) is 4.54. The molecule has 2 amide bonds.